The first kappa shape index (κ1) is 13.2. The molecule has 1 aliphatic rings. The smallest absolute Gasteiger partial charge is 0.184 e. The zero-order valence-corrected chi connectivity index (χ0v) is 9.47. The molecule has 1 saturated heterocycles. The van der Waals surface area contributed by atoms with Gasteiger partial charge < -0.3 is 20.1 Å². The first-order valence-electron chi connectivity index (χ1n) is 5.08. The van der Waals surface area contributed by atoms with E-state index in [-0.39, 0.29) is 0 Å². The lowest BCUT2D eigenvalue weighted by Crippen LogP contribution is -2.40. The molecule has 0 radical (unpaired) electrons. The molecule has 0 spiro atoms. The Kier molecular flexibility index (Phi) is 5.25. The fourth-order valence-electron chi connectivity index (χ4n) is 1.63. The van der Waals surface area contributed by atoms with E-state index in [1.165, 1.54) is 0 Å². The van der Waals surface area contributed by atoms with Gasteiger partial charge in [-0.1, -0.05) is 6.92 Å². The maximum atomic E-state index is 9.55. The van der Waals surface area contributed by atoms with Gasteiger partial charge in [0.05, 0.1) is 0 Å². The molecule has 4 atom stereocenters. The summed E-state index contributed by atoms with van der Waals surface area (Å²) in [5.41, 5.74) is 0. The molecule has 1 fully saturated rings. The van der Waals surface area contributed by atoms with Crippen LogP contribution in [-0.2, 0) is 4.74 Å². The number of likely N-dealkylation sites (N-methyl/N-ethyl adjacent to an activating group) is 1. The van der Waals surface area contributed by atoms with Gasteiger partial charge in [-0.15, -0.1) is 11.6 Å². The van der Waals surface area contributed by atoms with Gasteiger partial charge in [0, 0.05) is 19.0 Å². The van der Waals surface area contributed by atoms with E-state index in [0.717, 1.165) is 6.54 Å². The molecule has 15 heavy (non-hydrogen) atoms. The Bertz CT molecular complexity index is 195. The van der Waals surface area contributed by atoms with E-state index in [9.17, 15) is 15.3 Å². The van der Waals surface area contributed by atoms with E-state index in [0.29, 0.717) is 19.0 Å². The number of rotatable bonds is 5. The summed E-state index contributed by atoms with van der Waals surface area (Å²) in [5.74, 6) is 0.502. The van der Waals surface area contributed by atoms with E-state index in [1.54, 1.807) is 0 Å². The number of aliphatic hydroxyl groups excluding tert-OH is 3. The quantitative estimate of drug-likeness (QED) is 0.536. The fourth-order valence-corrected chi connectivity index (χ4v) is 1.87. The van der Waals surface area contributed by atoms with Crippen molar-refractivity contribution in [3.05, 3.63) is 0 Å². The summed E-state index contributed by atoms with van der Waals surface area (Å²) in [5, 5.41) is 28.0. The van der Waals surface area contributed by atoms with Crippen LogP contribution in [0.2, 0.25) is 0 Å². The summed E-state index contributed by atoms with van der Waals surface area (Å²) in [6, 6.07) is 0. The third-order valence-corrected chi connectivity index (χ3v) is 2.79. The summed E-state index contributed by atoms with van der Waals surface area (Å²) in [7, 11) is 0. The van der Waals surface area contributed by atoms with Crippen LogP contribution in [0.1, 0.15) is 6.92 Å². The van der Waals surface area contributed by atoms with Crippen molar-refractivity contribution in [1.82, 2.24) is 4.90 Å². The first-order valence-corrected chi connectivity index (χ1v) is 5.61. The molecule has 5 nitrogen and oxygen atoms in total. The molecule has 0 aromatic carbocycles. The second-order valence-electron chi connectivity index (χ2n) is 3.63. The molecule has 0 bridgehead atoms. The van der Waals surface area contributed by atoms with Crippen molar-refractivity contribution in [2.24, 2.45) is 0 Å². The average molecular weight is 240 g/mol. The van der Waals surface area contributed by atoms with Crippen LogP contribution < -0.4 is 0 Å². The molecule has 0 aromatic rings. The molecule has 3 N–H and O–H groups in total. The second-order valence-corrected chi connectivity index (χ2v) is 4.01. The number of hydrogen-bond donors (Lipinski definition) is 3. The van der Waals surface area contributed by atoms with Crippen LogP contribution in [0.15, 0.2) is 0 Å². The van der Waals surface area contributed by atoms with E-state index >= 15 is 0 Å². The topological polar surface area (TPSA) is 73.2 Å². The lowest BCUT2D eigenvalue weighted by Gasteiger charge is -2.24. The Balaban J connectivity index is 2.44. The van der Waals surface area contributed by atoms with Crippen molar-refractivity contribution in [2.45, 2.75) is 31.5 Å². The van der Waals surface area contributed by atoms with Crippen LogP contribution in [0, 0.1) is 0 Å². The van der Waals surface area contributed by atoms with Crippen molar-refractivity contribution in [3.8, 4) is 0 Å². The maximum absolute atomic E-state index is 9.55. The van der Waals surface area contributed by atoms with Crippen LogP contribution in [0.25, 0.3) is 0 Å². The summed E-state index contributed by atoms with van der Waals surface area (Å²) >= 11 is 5.61. The SMILES string of the molecule is CCN(CCCl)C[C@@H]1O[C@@H](O)[C@@H](O)[C@H]1O. The van der Waals surface area contributed by atoms with Crippen LogP contribution in [-0.4, -0.2) is 70.3 Å². The van der Waals surface area contributed by atoms with Crippen molar-refractivity contribution in [3.63, 3.8) is 0 Å². The number of hydrogen-bond acceptors (Lipinski definition) is 5. The Morgan fingerprint density at radius 3 is 2.33 bits per heavy atom. The molecule has 0 aromatic heterocycles. The molecule has 1 rings (SSSR count). The minimum absolute atomic E-state index is 0.457. The Morgan fingerprint density at radius 1 is 1.27 bits per heavy atom. The van der Waals surface area contributed by atoms with Crippen molar-refractivity contribution < 1.29 is 20.1 Å². The summed E-state index contributed by atoms with van der Waals surface area (Å²) in [6.45, 7) is 3.90. The number of aliphatic hydroxyl groups is 3. The standard InChI is InChI=1S/C9H18ClNO4/c1-2-11(4-3-10)5-6-7(12)8(13)9(14)15-6/h6-9,12-14H,2-5H2,1H3/t6-,7-,8-,9+/m0/s1. The van der Waals surface area contributed by atoms with E-state index < -0.39 is 24.6 Å². The number of alkyl halides is 1. The number of nitrogens with zero attached hydrogens (tertiary/aromatic N) is 1. The van der Waals surface area contributed by atoms with E-state index in [2.05, 4.69) is 0 Å². The zero-order chi connectivity index (χ0) is 11.4. The Morgan fingerprint density at radius 2 is 1.93 bits per heavy atom. The molecule has 6 heteroatoms. The lowest BCUT2D eigenvalue weighted by atomic mass is 10.1. The molecular formula is C9H18ClNO4. The molecule has 90 valence electrons. The van der Waals surface area contributed by atoms with Gasteiger partial charge in [-0.05, 0) is 6.54 Å². The Hall–Kier alpha value is 0.0900. The molecule has 0 aliphatic carbocycles. The summed E-state index contributed by atoms with van der Waals surface area (Å²) in [6.07, 6.45) is -4.10. The third kappa shape index (κ3) is 3.27. The zero-order valence-electron chi connectivity index (χ0n) is 8.71. The van der Waals surface area contributed by atoms with Crippen LogP contribution in [0.4, 0.5) is 0 Å². The summed E-state index contributed by atoms with van der Waals surface area (Å²) in [4.78, 5) is 1.99. The molecule has 1 heterocycles. The predicted molar refractivity (Wildman–Crippen MR) is 55.7 cm³/mol. The molecular weight excluding hydrogens is 222 g/mol. The molecule has 0 saturated carbocycles. The van der Waals surface area contributed by atoms with Gasteiger partial charge in [-0.25, -0.2) is 0 Å². The van der Waals surface area contributed by atoms with Crippen molar-refractivity contribution in [2.75, 3.05) is 25.5 Å². The molecule has 1 aliphatic heterocycles. The van der Waals surface area contributed by atoms with E-state index in [4.69, 9.17) is 16.3 Å². The highest BCUT2D eigenvalue weighted by Gasteiger charge is 2.42. The number of halogens is 1. The molecule has 0 unspecified atom stereocenters. The maximum Gasteiger partial charge on any atom is 0.184 e. The van der Waals surface area contributed by atoms with Crippen molar-refractivity contribution >= 4 is 11.6 Å². The predicted octanol–water partition coefficient (Wildman–Crippen LogP) is -1.01. The van der Waals surface area contributed by atoms with Crippen LogP contribution in [0.5, 0.6) is 0 Å². The largest absolute Gasteiger partial charge is 0.387 e. The third-order valence-electron chi connectivity index (χ3n) is 2.62. The highest BCUT2D eigenvalue weighted by atomic mass is 35.5. The monoisotopic (exact) mass is 239 g/mol. The van der Waals surface area contributed by atoms with Gasteiger partial charge in [0.1, 0.15) is 18.3 Å². The van der Waals surface area contributed by atoms with Crippen LogP contribution >= 0.6 is 11.6 Å². The number of ether oxygens (including phenoxy) is 1. The minimum atomic E-state index is -1.29. The van der Waals surface area contributed by atoms with E-state index in [1.807, 2.05) is 11.8 Å². The van der Waals surface area contributed by atoms with Gasteiger partial charge in [-0.3, -0.25) is 4.90 Å². The minimum Gasteiger partial charge on any atom is -0.387 e. The van der Waals surface area contributed by atoms with Gasteiger partial charge in [0.2, 0.25) is 0 Å². The lowest BCUT2D eigenvalue weighted by molar-refractivity contribution is -0.129. The van der Waals surface area contributed by atoms with Gasteiger partial charge in [0.15, 0.2) is 6.29 Å². The normalized spacial score (nSPS) is 36.4. The molecule has 0 amide bonds. The second kappa shape index (κ2) is 5.98. The summed E-state index contributed by atoms with van der Waals surface area (Å²) < 4.78 is 5.04. The fraction of sp³-hybridized carbons (Fsp3) is 1.00. The highest BCUT2D eigenvalue weighted by molar-refractivity contribution is 6.18. The van der Waals surface area contributed by atoms with Gasteiger partial charge in [-0.2, -0.15) is 0 Å². The average Bonchev–Trinajstić information content (AvgIpc) is 2.46. The Labute approximate surface area is 94.2 Å². The van der Waals surface area contributed by atoms with Crippen LogP contribution in [0.3, 0.4) is 0 Å². The van der Waals surface area contributed by atoms with Gasteiger partial charge >= 0.3 is 0 Å². The highest BCUT2D eigenvalue weighted by Crippen LogP contribution is 2.20. The first-order chi connectivity index (χ1) is 7.10. The van der Waals surface area contributed by atoms with Crippen molar-refractivity contribution in [1.29, 1.82) is 0 Å². The van der Waals surface area contributed by atoms with Gasteiger partial charge in [0.25, 0.3) is 0 Å².